The minimum Gasteiger partial charge on any atom is -0.466 e. The van der Waals surface area contributed by atoms with Crippen LogP contribution in [-0.4, -0.2) is 35.5 Å². The minimum absolute atomic E-state index is 0.137. The highest BCUT2D eigenvalue weighted by Crippen LogP contribution is 2.43. The largest absolute Gasteiger partial charge is 0.466 e. The molecule has 1 aliphatic heterocycles. The van der Waals surface area contributed by atoms with Gasteiger partial charge < -0.3 is 18.6 Å². The van der Waals surface area contributed by atoms with Crippen LogP contribution < -0.4 is 0 Å². The maximum atomic E-state index is 13.8. The van der Waals surface area contributed by atoms with Gasteiger partial charge in [0.1, 0.15) is 5.82 Å². The fourth-order valence-corrected chi connectivity index (χ4v) is 3.98. The van der Waals surface area contributed by atoms with Gasteiger partial charge in [0.2, 0.25) is 0 Å². The van der Waals surface area contributed by atoms with Gasteiger partial charge in [0.05, 0.1) is 24.2 Å². The Labute approximate surface area is 178 Å². The van der Waals surface area contributed by atoms with E-state index >= 15 is 0 Å². The lowest BCUT2D eigenvalue weighted by atomic mass is 9.66. The molecular formula is C23H31BFNO4. The summed E-state index contributed by atoms with van der Waals surface area (Å²) < 4.78 is 33.6. The molecule has 1 unspecified atom stereocenters. The van der Waals surface area contributed by atoms with Crippen molar-refractivity contribution in [3.05, 3.63) is 53.1 Å². The number of esters is 1. The van der Waals surface area contributed by atoms with E-state index in [-0.39, 0.29) is 24.0 Å². The number of aromatic nitrogens is 1. The molecular weight excluding hydrogens is 384 g/mol. The van der Waals surface area contributed by atoms with Gasteiger partial charge in [-0.1, -0.05) is 6.07 Å². The smallest absolute Gasteiger partial charge is 0.466 e. The first-order chi connectivity index (χ1) is 14.0. The summed E-state index contributed by atoms with van der Waals surface area (Å²) in [4.78, 5) is 12.4. The molecule has 1 aromatic heterocycles. The van der Waals surface area contributed by atoms with Crippen molar-refractivity contribution in [2.45, 2.75) is 71.9 Å². The van der Waals surface area contributed by atoms with Crippen molar-refractivity contribution in [1.29, 1.82) is 0 Å². The Balaban J connectivity index is 2.04. The molecule has 1 fully saturated rings. The van der Waals surface area contributed by atoms with Gasteiger partial charge in [-0.15, -0.1) is 0 Å². The van der Waals surface area contributed by atoms with Gasteiger partial charge >= 0.3 is 13.1 Å². The predicted octanol–water partition coefficient (Wildman–Crippen LogP) is 4.90. The molecule has 0 amide bonds. The number of nitrogens with zero attached hydrogens (tertiary/aromatic N) is 1. The number of carbonyl (C=O) groups is 1. The fourth-order valence-electron chi connectivity index (χ4n) is 3.98. The van der Waals surface area contributed by atoms with Gasteiger partial charge in [-0.2, -0.15) is 0 Å². The molecule has 0 radical (unpaired) electrons. The maximum Gasteiger partial charge on any atom is 0.466 e. The molecule has 0 aliphatic carbocycles. The van der Waals surface area contributed by atoms with Crippen molar-refractivity contribution in [3.63, 3.8) is 0 Å². The third-order valence-corrected chi connectivity index (χ3v) is 6.23. The van der Waals surface area contributed by atoms with Crippen LogP contribution in [0.15, 0.2) is 30.3 Å². The summed E-state index contributed by atoms with van der Waals surface area (Å²) in [6.07, 6.45) is 0.137. The first-order valence-corrected chi connectivity index (χ1v) is 10.4. The first kappa shape index (κ1) is 22.6. The quantitative estimate of drug-likeness (QED) is 0.498. The molecule has 0 bridgehead atoms. The van der Waals surface area contributed by atoms with Crippen LogP contribution >= 0.6 is 0 Å². The number of hydrogen-bond donors (Lipinski definition) is 0. The summed E-state index contributed by atoms with van der Waals surface area (Å²) in [7, 11) is -0.596. The fraction of sp³-hybridized carbons (Fsp3) is 0.522. The predicted molar refractivity (Wildman–Crippen MR) is 115 cm³/mol. The van der Waals surface area contributed by atoms with Gasteiger partial charge in [0.25, 0.3) is 0 Å². The second kappa shape index (κ2) is 8.19. The van der Waals surface area contributed by atoms with E-state index in [1.54, 1.807) is 13.0 Å². The molecule has 1 aliphatic rings. The van der Waals surface area contributed by atoms with Crippen molar-refractivity contribution in [2.75, 3.05) is 6.61 Å². The highest BCUT2D eigenvalue weighted by atomic mass is 19.1. The number of carbonyl (C=O) groups excluding carboxylic acids is 1. The lowest BCUT2D eigenvalue weighted by Crippen LogP contribution is -2.41. The Hall–Kier alpha value is -2.12. The van der Waals surface area contributed by atoms with E-state index in [9.17, 15) is 9.18 Å². The Morgan fingerprint density at radius 1 is 1.17 bits per heavy atom. The first-order valence-electron chi connectivity index (χ1n) is 10.4. The van der Waals surface area contributed by atoms with Gasteiger partial charge in [-0.25, -0.2) is 4.39 Å². The molecule has 7 heteroatoms. The maximum absolute atomic E-state index is 13.8. The molecule has 2 aromatic rings. The lowest BCUT2D eigenvalue weighted by Gasteiger charge is -2.32. The molecule has 5 nitrogen and oxygen atoms in total. The van der Waals surface area contributed by atoms with E-state index in [1.165, 1.54) is 12.1 Å². The van der Waals surface area contributed by atoms with E-state index in [0.29, 0.717) is 6.61 Å². The summed E-state index contributed by atoms with van der Waals surface area (Å²) in [5, 5.41) is 0. The summed E-state index contributed by atoms with van der Waals surface area (Å²) in [6.45, 7) is 14.0. The van der Waals surface area contributed by atoms with Crippen LogP contribution in [0.1, 0.15) is 63.8 Å². The lowest BCUT2D eigenvalue weighted by molar-refractivity contribution is -0.143. The monoisotopic (exact) mass is 415 g/mol. The number of ether oxygens (including phenoxy) is 1. The van der Waals surface area contributed by atoms with Crippen LogP contribution in [0.3, 0.4) is 0 Å². The minimum atomic E-state index is -0.596. The van der Waals surface area contributed by atoms with Crippen LogP contribution in [0.4, 0.5) is 4.39 Å². The summed E-state index contributed by atoms with van der Waals surface area (Å²) in [5.41, 5.74) is 2.50. The molecule has 1 aromatic carbocycles. The molecule has 30 heavy (non-hydrogen) atoms. The molecule has 1 saturated heterocycles. The van der Waals surface area contributed by atoms with E-state index in [0.717, 1.165) is 22.6 Å². The zero-order chi connectivity index (χ0) is 22.3. The summed E-state index contributed by atoms with van der Waals surface area (Å²) in [6, 6.07) is 8.50. The van der Waals surface area contributed by atoms with Crippen molar-refractivity contribution in [2.24, 2.45) is 0 Å². The Morgan fingerprint density at radius 3 is 2.37 bits per heavy atom. The molecule has 0 spiro atoms. The average molecular weight is 415 g/mol. The SMILES string of the molecule is CCOC(=O)CC(B1OC(C)(C)C(C)(C)O1)c1cc(C)n(-c2cccc(F)c2)c1C. The average Bonchev–Trinajstić information content (AvgIpc) is 3.04. The molecule has 0 N–H and O–H groups in total. The zero-order valence-electron chi connectivity index (χ0n) is 18.9. The van der Waals surface area contributed by atoms with Crippen molar-refractivity contribution in [3.8, 4) is 5.69 Å². The van der Waals surface area contributed by atoms with Crippen molar-refractivity contribution < 1.29 is 23.2 Å². The summed E-state index contributed by atoms with van der Waals surface area (Å²) in [5.74, 6) is -0.943. The molecule has 0 saturated carbocycles. The van der Waals surface area contributed by atoms with Crippen LogP contribution in [-0.2, 0) is 18.8 Å². The Morgan fingerprint density at radius 2 is 1.80 bits per heavy atom. The Bertz CT molecular complexity index is 921. The second-order valence-electron chi connectivity index (χ2n) is 8.88. The molecule has 162 valence electrons. The zero-order valence-corrected chi connectivity index (χ0v) is 18.9. The van der Waals surface area contributed by atoms with Gasteiger partial charge in [-0.05, 0) is 78.3 Å². The number of hydrogen-bond acceptors (Lipinski definition) is 4. The third-order valence-electron chi connectivity index (χ3n) is 6.23. The van der Waals surface area contributed by atoms with Crippen LogP contribution in [0, 0.1) is 19.7 Å². The standard InChI is InChI=1S/C23H31BFNO4/c1-8-28-21(27)14-20(24-29-22(4,5)23(6,7)30-24)19-12-15(2)26(16(19)3)18-11-9-10-17(25)13-18/h9-13,20H,8,14H2,1-7H3. The van der Waals surface area contributed by atoms with E-state index < -0.39 is 18.3 Å². The van der Waals surface area contributed by atoms with E-state index in [1.807, 2.05) is 58.2 Å². The molecule has 3 rings (SSSR count). The van der Waals surface area contributed by atoms with Crippen LogP contribution in [0.25, 0.3) is 5.69 Å². The topological polar surface area (TPSA) is 49.7 Å². The number of aryl methyl sites for hydroxylation is 1. The number of rotatable bonds is 6. The Kier molecular flexibility index (Phi) is 6.16. The highest BCUT2D eigenvalue weighted by Gasteiger charge is 2.54. The van der Waals surface area contributed by atoms with Gasteiger partial charge in [0, 0.05) is 22.9 Å². The van der Waals surface area contributed by atoms with E-state index in [2.05, 4.69) is 0 Å². The van der Waals surface area contributed by atoms with Gasteiger partial charge in [0.15, 0.2) is 0 Å². The normalized spacial score (nSPS) is 18.5. The highest BCUT2D eigenvalue weighted by molar-refractivity contribution is 6.48. The third kappa shape index (κ3) is 4.19. The summed E-state index contributed by atoms with van der Waals surface area (Å²) >= 11 is 0. The molecule has 2 heterocycles. The van der Waals surface area contributed by atoms with Crippen molar-refractivity contribution in [1.82, 2.24) is 4.57 Å². The van der Waals surface area contributed by atoms with E-state index in [4.69, 9.17) is 14.0 Å². The second-order valence-corrected chi connectivity index (χ2v) is 8.88. The van der Waals surface area contributed by atoms with Crippen LogP contribution in [0.2, 0.25) is 0 Å². The van der Waals surface area contributed by atoms with Crippen LogP contribution in [0.5, 0.6) is 0 Å². The number of halogens is 1. The molecule has 1 atom stereocenters. The number of benzene rings is 1. The van der Waals surface area contributed by atoms with Crippen molar-refractivity contribution >= 4 is 13.1 Å². The van der Waals surface area contributed by atoms with Gasteiger partial charge in [-0.3, -0.25) is 4.79 Å².